The van der Waals surface area contributed by atoms with Gasteiger partial charge in [-0.3, -0.25) is 0 Å². The highest BCUT2D eigenvalue weighted by molar-refractivity contribution is 7.99. The number of nitrogens with zero attached hydrogens (tertiary/aromatic N) is 2. The molecule has 0 radical (unpaired) electrons. The van der Waals surface area contributed by atoms with Gasteiger partial charge in [0.15, 0.2) is 0 Å². The summed E-state index contributed by atoms with van der Waals surface area (Å²) in [5, 5.41) is 0. The molecule has 47 heavy (non-hydrogen) atoms. The third-order valence-corrected chi connectivity index (χ3v) is 8.69. The van der Waals surface area contributed by atoms with E-state index in [4.69, 9.17) is 18.9 Å². The molecule has 0 aliphatic rings. The van der Waals surface area contributed by atoms with Crippen LogP contribution in [0.2, 0.25) is 0 Å². The molecule has 0 aliphatic heterocycles. The van der Waals surface area contributed by atoms with Crippen LogP contribution in [0, 0.1) is 0 Å². The fourth-order valence-electron chi connectivity index (χ4n) is 5.33. The summed E-state index contributed by atoms with van der Waals surface area (Å²) < 4.78 is 21.7. The summed E-state index contributed by atoms with van der Waals surface area (Å²) in [6.07, 6.45) is 0. The molecule has 6 aromatic rings. The molecule has 6 nitrogen and oxygen atoms in total. The first-order valence-electron chi connectivity index (χ1n) is 15.1. The number of rotatable bonds is 12. The van der Waals surface area contributed by atoms with Crippen molar-refractivity contribution < 1.29 is 18.9 Å². The SMILES string of the molecule is COc1ccc(N(c2ccc(OC)cc2)c2cccc(Sc3cccc(N(c4ccc(OC)cc4)c4ccc(OC)cc4)c3)c2)cc1. The fourth-order valence-corrected chi connectivity index (χ4v) is 6.25. The van der Waals surface area contributed by atoms with Crippen LogP contribution in [0.4, 0.5) is 34.1 Å². The van der Waals surface area contributed by atoms with Crippen molar-refractivity contribution in [1.82, 2.24) is 0 Å². The maximum Gasteiger partial charge on any atom is 0.119 e. The van der Waals surface area contributed by atoms with Crippen LogP contribution in [0.3, 0.4) is 0 Å². The van der Waals surface area contributed by atoms with Crippen LogP contribution in [0.15, 0.2) is 155 Å². The van der Waals surface area contributed by atoms with E-state index in [1.807, 2.05) is 48.5 Å². The Balaban J connectivity index is 1.34. The number of anilines is 6. The highest BCUT2D eigenvalue weighted by atomic mass is 32.2. The van der Waals surface area contributed by atoms with Crippen LogP contribution in [0.1, 0.15) is 0 Å². The zero-order valence-corrected chi connectivity index (χ0v) is 27.6. The molecule has 7 heteroatoms. The number of hydrogen-bond donors (Lipinski definition) is 0. The van der Waals surface area contributed by atoms with Crippen molar-refractivity contribution in [3.05, 3.63) is 146 Å². The molecule has 236 valence electrons. The highest BCUT2D eigenvalue weighted by Crippen LogP contribution is 2.41. The first-order chi connectivity index (χ1) is 23.1. The van der Waals surface area contributed by atoms with Crippen molar-refractivity contribution >= 4 is 45.9 Å². The number of benzene rings is 6. The molecular weight excluding hydrogens is 605 g/mol. The smallest absolute Gasteiger partial charge is 0.119 e. The Hall–Kier alpha value is -5.53. The van der Waals surface area contributed by atoms with Crippen LogP contribution >= 0.6 is 11.8 Å². The molecule has 0 saturated carbocycles. The maximum atomic E-state index is 5.43. The van der Waals surface area contributed by atoms with Crippen LogP contribution in [0.25, 0.3) is 0 Å². The monoisotopic (exact) mass is 640 g/mol. The lowest BCUT2D eigenvalue weighted by molar-refractivity contribution is 0.414. The quantitative estimate of drug-likeness (QED) is 0.132. The summed E-state index contributed by atoms with van der Waals surface area (Å²) in [6.45, 7) is 0. The van der Waals surface area contributed by atoms with Crippen LogP contribution in [0.5, 0.6) is 23.0 Å². The zero-order valence-electron chi connectivity index (χ0n) is 26.8. The lowest BCUT2D eigenvalue weighted by atomic mass is 10.2. The molecule has 0 bridgehead atoms. The van der Waals surface area contributed by atoms with E-state index in [0.29, 0.717) is 0 Å². The first-order valence-corrected chi connectivity index (χ1v) is 15.9. The van der Waals surface area contributed by atoms with Gasteiger partial charge in [0.05, 0.1) is 28.4 Å². The number of hydrogen-bond acceptors (Lipinski definition) is 7. The van der Waals surface area contributed by atoms with E-state index in [0.717, 1.165) is 66.9 Å². The molecule has 0 unspecified atom stereocenters. The van der Waals surface area contributed by atoms with Gasteiger partial charge in [0, 0.05) is 43.9 Å². The van der Waals surface area contributed by atoms with E-state index in [1.54, 1.807) is 40.2 Å². The third-order valence-electron chi connectivity index (χ3n) is 7.71. The van der Waals surface area contributed by atoms with Crippen LogP contribution in [-0.2, 0) is 0 Å². The summed E-state index contributed by atoms with van der Waals surface area (Å²) in [4.78, 5) is 6.70. The zero-order chi connectivity index (χ0) is 32.6. The van der Waals surface area contributed by atoms with Crippen molar-refractivity contribution in [3.63, 3.8) is 0 Å². The summed E-state index contributed by atoms with van der Waals surface area (Å²) >= 11 is 1.72. The van der Waals surface area contributed by atoms with Gasteiger partial charge in [-0.05, 0) is 133 Å². The Morgan fingerprint density at radius 1 is 0.340 bits per heavy atom. The van der Waals surface area contributed by atoms with Gasteiger partial charge in [-0.1, -0.05) is 23.9 Å². The Labute approximate surface area is 280 Å². The molecule has 0 heterocycles. The van der Waals surface area contributed by atoms with Crippen LogP contribution in [-0.4, -0.2) is 28.4 Å². The highest BCUT2D eigenvalue weighted by Gasteiger charge is 2.16. The van der Waals surface area contributed by atoms with Crippen molar-refractivity contribution in [3.8, 4) is 23.0 Å². The molecule has 0 aliphatic carbocycles. The minimum atomic E-state index is 0.811. The second-order valence-corrected chi connectivity index (χ2v) is 11.7. The predicted octanol–water partition coefficient (Wildman–Crippen LogP) is 10.8. The van der Waals surface area contributed by atoms with Crippen LogP contribution < -0.4 is 28.7 Å². The molecule has 0 N–H and O–H groups in total. The van der Waals surface area contributed by atoms with Gasteiger partial charge in [0.2, 0.25) is 0 Å². The van der Waals surface area contributed by atoms with Gasteiger partial charge in [0.1, 0.15) is 23.0 Å². The Bertz CT molecular complexity index is 1660. The Morgan fingerprint density at radius 3 is 0.872 bits per heavy atom. The molecule has 0 saturated heterocycles. The molecule has 0 spiro atoms. The maximum absolute atomic E-state index is 5.43. The predicted molar refractivity (Wildman–Crippen MR) is 193 cm³/mol. The molecule has 0 amide bonds. The summed E-state index contributed by atoms with van der Waals surface area (Å²) in [7, 11) is 6.72. The second kappa shape index (κ2) is 14.7. The molecular formula is C40H36N2O4S. The average Bonchev–Trinajstić information content (AvgIpc) is 3.13. The molecule has 0 fully saturated rings. The van der Waals surface area contributed by atoms with E-state index in [2.05, 4.69) is 107 Å². The van der Waals surface area contributed by atoms with E-state index < -0.39 is 0 Å². The third kappa shape index (κ3) is 7.32. The van der Waals surface area contributed by atoms with Gasteiger partial charge in [-0.15, -0.1) is 0 Å². The van der Waals surface area contributed by atoms with Gasteiger partial charge in [-0.2, -0.15) is 0 Å². The molecule has 0 atom stereocenters. The van der Waals surface area contributed by atoms with Gasteiger partial charge in [0.25, 0.3) is 0 Å². The Kier molecular flexibility index (Phi) is 9.84. The van der Waals surface area contributed by atoms with Crippen molar-refractivity contribution in [2.24, 2.45) is 0 Å². The van der Waals surface area contributed by atoms with Gasteiger partial charge in [-0.25, -0.2) is 0 Å². The van der Waals surface area contributed by atoms with Crippen molar-refractivity contribution in [2.75, 3.05) is 38.2 Å². The van der Waals surface area contributed by atoms with Gasteiger partial charge < -0.3 is 28.7 Å². The normalized spacial score (nSPS) is 10.6. The number of methoxy groups -OCH3 is 4. The standard InChI is InChI=1S/C40H36N2O4S/c1-43-35-19-11-29(12-20-35)41(30-13-21-36(44-2)22-14-30)33-7-5-9-39(27-33)47-40-10-6-8-34(28-40)42(31-15-23-37(45-3)24-16-31)32-17-25-38(46-4)26-18-32/h5-28H,1-4H3. The number of ether oxygens (including phenoxy) is 4. The minimum absolute atomic E-state index is 0.811. The summed E-state index contributed by atoms with van der Waals surface area (Å²) in [5.41, 5.74) is 6.17. The summed E-state index contributed by atoms with van der Waals surface area (Å²) in [6, 6.07) is 49.6. The van der Waals surface area contributed by atoms with E-state index in [1.165, 1.54) is 0 Å². The first kappa shape index (κ1) is 31.5. The van der Waals surface area contributed by atoms with E-state index >= 15 is 0 Å². The van der Waals surface area contributed by atoms with Crippen molar-refractivity contribution in [1.29, 1.82) is 0 Å². The molecule has 6 aromatic carbocycles. The lowest BCUT2D eigenvalue weighted by Crippen LogP contribution is -2.10. The Morgan fingerprint density at radius 2 is 0.617 bits per heavy atom. The van der Waals surface area contributed by atoms with Crippen molar-refractivity contribution in [2.45, 2.75) is 9.79 Å². The summed E-state index contributed by atoms with van der Waals surface area (Å²) in [5.74, 6) is 3.24. The largest absolute Gasteiger partial charge is 0.497 e. The average molecular weight is 641 g/mol. The molecule has 6 rings (SSSR count). The topological polar surface area (TPSA) is 43.4 Å². The fraction of sp³-hybridized carbons (Fsp3) is 0.100. The van der Waals surface area contributed by atoms with E-state index in [9.17, 15) is 0 Å². The minimum Gasteiger partial charge on any atom is -0.497 e. The van der Waals surface area contributed by atoms with Gasteiger partial charge >= 0.3 is 0 Å². The lowest BCUT2D eigenvalue weighted by Gasteiger charge is -2.27. The van der Waals surface area contributed by atoms with E-state index in [-0.39, 0.29) is 0 Å². The second-order valence-electron chi connectivity index (χ2n) is 10.6. The molecule has 0 aromatic heterocycles.